The summed E-state index contributed by atoms with van der Waals surface area (Å²) in [6, 6.07) is 0. The summed E-state index contributed by atoms with van der Waals surface area (Å²) in [7, 11) is 3.59. The summed E-state index contributed by atoms with van der Waals surface area (Å²) in [5.74, 6) is 0. The molecular formula is C13H25N3O2. The zero-order valence-corrected chi connectivity index (χ0v) is 11.6. The molecule has 0 aromatic carbocycles. The van der Waals surface area contributed by atoms with Gasteiger partial charge in [0.15, 0.2) is 0 Å². The number of hydrogen-bond donors (Lipinski definition) is 2. The second-order valence-electron chi connectivity index (χ2n) is 5.01. The van der Waals surface area contributed by atoms with Crippen LogP contribution in [0.5, 0.6) is 0 Å². The average molecular weight is 255 g/mol. The fraction of sp³-hybridized carbons (Fsp3) is 0.769. The largest absolute Gasteiger partial charge is 0.390 e. The van der Waals surface area contributed by atoms with E-state index in [1.165, 1.54) is 5.56 Å². The number of rotatable bonds is 9. The SMILES string of the molecule is COCCNCCC(C)(O)CCc1cnn(C)c1. The lowest BCUT2D eigenvalue weighted by molar-refractivity contribution is 0.0421. The first-order valence-corrected chi connectivity index (χ1v) is 6.43. The maximum absolute atomic E-state index is 10.2. The van der Waals surface area contributed by atoms with Crippen LogP contribution in [-0.2, 0) is 18.2 Å². The normalized spacial score (nSPS) is 14.7. The molecule has 1 heterocycles. The fourth-order valence-electron chi connectivity index (χ4n) is 1.80. The van der Waals surface area contributed by atoms with Gasteiger partial charge < -0.3 is 15.2 Å². The lowest BCUT2D eigenvalue weighted by Crippen LogP contribution is -2.31. The first-order chi connectivity index (χ1) is 8.53. The predicted octanol–water partition coefficient (Wildman–Crippen LogP) is 0.730. The standard InChI is InChI=1S/C13H25N3O2/c1-13(17,6-7-14-8-9-18-3)5-4-12-10-15-16(2)11-12/h10-11,14,17H,4-9H2,1-3H3. The first kappa shape index (κ1) is 15.1. The van der Waals surface area contributed by atoms with Crippen molar-refractivity contribution in [1.29, 1.82) is 0 Å². The molecule has 2 N–H and O–H groups in total. The van der Waals surface area contributed by atoms with E-state index in [2.05, 4.69) is 10.4 Å². The molecular weight excluding hydrogens is 230 g/mol. The monoisotopic (exact) mass is 255 g/mol. The van der Waals surface area contributed by atoms with E-state index in [1.54, 1.807) is 11.8 Å². The smallest absolute Gasteiger partial charge is 0.0635 e. The number of aromatic nitrogens is 2. The van der Waals surface area contributed by atoms with Gasteiger partial charge in [-0.3, -0.25) is 4.68 Å². The number of ether oxygens (including phenoxy) is 1. The van der Waals surface area contributed by atoms with Crippen molar-refractivity contribution < 1.29 is 9.84 Å². The molecule has 0 aliphatic heterocycles. The zero-order valence-electron chi connectivity index (χ0n) is 11.6. The molecule has 0 spiro atoms. The molecule has 0 saturated heterocycles. The number of nitrogens with zero attached hydrogens (tertiary/aromatic N) is 2. The van der Waals surface area contributed by atoms with Gasteiger partial charge in [0, 0.05) is 26.9 Å². The van der Waals surface area contributed by atoms with Crippen molar-refractivity contribution in [3.8, 4) is 0 Å². The van der Waals surface area contributed by atoms with Gasteiger partial charge in [0.25, 0.3) is 0 Å². The molecule has 1 unspecified atom stereocenters. The number of hydrogen-bond acceptors (Lipinski definition) is 4. The third kappa shape index (κ3) is 6.14. The minimum Gasteiger partial charge on any atom is -0.390 e. The Morgan fingerprint density at radius 1 is 1.44 bits per heavy atom. The van der Waals surface area contributed by atoms with Crippen molar-refractivity contribution in [2.24, 2.45) is 7.05 Å². The Hall–Kier alpha value is -0.910. The zero-order chi connectivity index (χ0) is 13.4. The molecule has 1 atom stereocenters. The van der Waals surface area contributed by atoms with Gasteiger partial charge in [0.2, 0.25) is 0 Å². The van der Waals surface area contributed by atoms with E-state index in [9.17, 15) is 5.11 Å². The second-order valence-corrected chi connectivity index (χ2v) is 5.01. The maximum atomic E-state index is 10.2. The summed E-state index contributed by atoms with van der Waals surface area (Å²) in [5.41, 5.74) is 0.542. The van der Waals surface area contributed by atoms with Crippen molar-refractivity contribution in [3.63, 3.8) is 0 Å². The molecule has 1 rings (SSSR count). The lowest BCUT2D eigenvalue weighted by atomic mass is 9.94. The number of methoxy groups -OCH3 is 1. The van der Waals surface area contributed by atoms with Crippen LogP contribution in [0.4, 0.5) is 0 Å². The Balaban J connectivity index is 2.18. The van der Waals surface area contributed by atoms with Crippen molar-refractivity contribution in [1.82, 2.24) is 15.1 Å². The first-order valence-electron chi connectivity index (χ1n) is 6.43. The Morgan fingerprint density at radius 3 is 2.83 bits per heavy atom. The van der Waals surface area contributed by atoms with Gasteiger partial charge in [-0.05, 0) is 38.3 Å². The van der Waals surface area contributed by atoms with Crippen LogP contribution in [0.2, 0.25) is 0 Å². The van der Waals surface area contributed by atoms with E-state index in [0.29, 0.717) is 6.61 Å². The van der Waals surface area contributed by atoms with Crippen LogP contribution < -0.4 is 5.32 Å². The lowest BCUT2D eigenvalue weighted by Gasteiger charge is -2.23. The van der Waals surface area contributed by atoms with E-state index in [4.69, 9.17) is 4.74 Å². The van der Waals surface area contributed by atoms with Crippen LogP contribution in [0.3, 0.4) is 0 Å². The molecule has 0 radical (unpaired) electrons. The number of aliphatic hydroxyl groups is 1. The van der Waals surface area contributed by atoms with Crippen LogP contribution in [0.1, 0.15) is 25.3 Å². The third-order valence-corrected chi connectivity index (χ3v) is 3.03. The Morgan fingerprint density at radius 2 is 2.22 bits per heavy atom. The number of aryl methyl sites for hydroxylation is 2. The molecule has 1 aromatic heterocycles. The van der Waals surface area contributed by atoms with Crippen molar-refractivity contribution in [3.05, 3.63) is 18.0 Å². The van der Waals surface area contributed by atoms with Crippen LogP contribution in [0, 0.1) is 0 Å². The third-order valence-electron chi connectivity index (χ3n) is 3.03. The fourth-order valence-corrected chi connectivity index (χ4v) is 1.80. The summed E-state index contributed by atoms with van der Waals surface area (Å²) in [4.78, 5) is 0. The highest BCUT2D eigenvalue weighted by atomic mass is 16.5. The minimum atomic E-state index is -0.629. The van der Waals surface area contributed by atoms with Crippen LogP contribution >= 0.6 is 0 Å². The highest BCUT2D eigenvalue weighted by Gasteiger charge is 2.19. The van der Waals surface area contributed by atoms with Gasteiger partial charge in [-0.2, -0.15) is 5.10 Å². The number of nitrogens with one attached hydrogen (secondary N) is 1. The summed E-state index contributed by atoms with van der Waals surface area (Å²) in [6.45, 7) is 4.23. The Labute approximate surface area is 109 Å². The molecule has 5 heteroatoms. The summed E-state index contributed by atoms with van der Waals surface area (Å²) >= 11 is 0. The van der Waals surface area contributed by atoms with Gasteiger partial charge in [-0.15, -0.1) is 0 Å². The van der Waals surface area contributed by atoms with Crippen molar-refractivity contribution in [2.75, 3.05) is 26.8 Å². The van der Waals surface area contributed by atoms with E-state index in [0.717, 1.165) is 32.4 Å². The van der Waals surface area contributed by atoms with Gasteiger partial charge >= 0.3 is 0 Å². The molecule has 0 aliphatic carbocycles. The molecule has 104 valence electrons. The van der Waals surface area contributed by atoms with Gasteiger partial charge in [0.05, 0.1) is 18.4 Å². The molecule has 5 nitrogen and oxygen atoms in total. The predicted molar refractivity (Wildman–Crippen MR) is 71.5 cm³/mol. The van der Waals surface area contributed by atoms with Gasteiger partial charge in [-0.25, -0.2) is 0 Å². The summed E-state index contributed by atoms with van der Waals surface area (Å²) in [6.07, 6.45) is 6.21. The highest BCUT2D eigenvalue weighted by Crippen LogP contribution is 2.17. The molecule has 0 saturated carbocycles. The average Bonchev–Trinajstić information content (AvgIpc) is 2.73. The second kappa shape index (κ2) is 7.51. The van der Waals surface area contributed by atoms with E-state index >= 15 is 0 Å². The topological polar surface area (TPSA) is 59.3 Å². The summed E-state index contributed by atoms with van der Waals surface area (Å²) in [5, 5.41) is 17.6. The van der Waals surface area contributed by atoms with Crippen LogP contribution in [0.15, 0.2) is 12.4 Å². The van der Waals surface area contributed by atoms with Crippen LogP contribution in [0.25, 0.3) is 0 Å². The molecule has 18 heavy (non-hydrogen) atoms. The van der Waals surface area contributed by atoms with Gasteiger partial charge in [0.1, 0.15) is 0 Å². The quantitative estimate of drug-likeness (QED) is 0.639. The molecule has 0 fully saturated rings. The van der Waals surface area contributed by atoms with E-state index < -0.39 is 5.60 Å². The summed E-state index contributed by atoms with van der Waals surface area (Å²) < 4.78 is 6.74. The Kier molecular flexibility index (Phi) is 6.32. The Bertz CT molecular complexity index is 337. The van der Waals surface area contributed by atoms with Crippen molar-refractivity contribution in [2.45, 2.75) is 31.8 Å². The molecule has 1 aromatic rings. The maximum Gasteiger partial charge on any atom is 0.0635 e. The molecule has 0 aliphatic rings. The minimum absolute atomic E-state index is 0.629. The molecule has 0 amide bonds. The van der Waals surface area contributed by atoms with Gasteiger partial charge in [-0.1, -0.05) is 0 Å². The highest BCUT2D eigenvalue weighted by molar-refractivity contribution is 5.04. The van der Waals surface area contributed by atoms with Crippen molar-refractivity contribution >= 4 is 0 Å². The van der Waals surface area contributed by atoms with E-state index in [1.807, 2.05) is 26.4 Å². The van der Waals surface area contributed by atoms with E-state index in [-0.39, 0.29) is 0 Å². The van der Waals surface area contributed by atoms with Crippen LogP contribution in [-0.4, -0.2) is 47.3 Å². The molecule has 0 bridgehead atoms.